The van der Waals surface area contributed by atoms with E-state index in [2.05, 4.69) is 15.5 Å². The highest BCUT2D eigenvalue weighted by atomic mass is 32.2. The van der Waals surface area contributed by atoms with E-state index in [4.69, 9.17) is 0 Å². The van der Waals surface area contributed by atoms with Crippen LogP contribution in [0.5, 0.6) is 0 Å². The molecule has 6 nitrogen and oxygen atoms in total. The van der Waals surface area contributed by atoms with Crippen molar-refractivity contribution >= 4 is 35.1 Å². The van der Waals surface area contributed by atoms with Crippen molar-refractivity contribution < 1.29 is 14.0 Å². The molecule has 1 atom stereocenters. The number of hydrogen-bond donors (Lipinski definition) is 1. The summed E-state index contributed by atoms with van der Waals surface area (Å²) in [5, 5.41) is 11.7. The van der Waals surface area contributed by atoms with Crippen molar-refractivity contribution in [2.45, 2.75) is 56.5 Å². The molecule has 30 heavy (non-hydrogen) atoms. The predicted molar refractivity (Wildman–Crippen MR) is 115 cm³/mol. The van der Waals surface area contributed by atoms with Crippen molar-refractivity contribution in [1.29, 1.82) is 0 Å². The SMILES string of the molecule is C[C@H]1CCc2cc(F)ccc2N1C(=O)CCCSc1ccc(NC(=O)C2CC2)nn1. The zero-order chi connectivity index (χ0) is 21.1. The smallest absolute Gasteiger partial charge is 0.228 e. The van der Waals surface area contributed by atoms with Gasteiger partial charge in [-0.15, -0.1) is 22.0 Å². The van der Waals surface area contributed by atoms with Gasteiger partial charge in [-0.1, -0.05) is 0 Å². The van der Waals surface area contributed by atoms with Crippen molar-refractivity contribution in [3.05, 3.63) is 41.7 Å². The summed E-state index contributed by atoms with van der Waals surface area (Å²) in [6.07, 6.45) is 4.68. The van der Waals surface area contributed by atoms with Crippen LogP contribution in [0.1, 0.15) is 44.6 Å². The molecule has 1 aromatic carbocycles. The Morgan fingerprint density at radius 2 is 2.03 bits per heavy atom. The first-order chi connectivity index (χ1) is 14.5. The third-order valence-electron chi connectivity index (χ3n) is 5.47. The molecule has 2 heterocycles. The summed E-state index contributed by atoms with van der Waals surface area (Å²) in [7, 11) is 0. The van der Waals surface area contributed by atoms with Crippen molar-refractivity contribution in [1.82, 2.24) is 10.2 Å². The molecule has 8 heteroatoms. The zero-order valence-electron chi connectivity index (χ0n) is 16.9. The van der Waals surface area contributed by atoms with Crippen LogP contribution in [0.2, 0.25) is 0 Å². The van der Waals surface area contributed by atoms with Gasteiger partial charge in [0.2, 0.25) is 11.8 Å². The second-order valence-corrected chi connectivity index (χ2v) is 9.01. The molecule has 158 valence electrons. The highest BCUT2D eigenvalue weighted by Crippen LogP contribution is 2.32. The van der Waals surface area contributed by atoms with Gasteiger partial charge in [0.25, 0.3) is 0 Å². The van der Waals surface area contributed by atoms with Gasteiger partial charge in [-0.2, -0.15) is 0 Å². The van der Waals surface area contributed by atoms with E-state index < -0.39 is 0 Å². The Kier molecular flexibility index (Phi) is 6.32. The second-order valence-electron chi connectivity index (χ2n) is 7.90. The van der Waals surface area contributed by atoms with Crippen LogP contribution in [0.4, 0.5) is 15.9 Å². The highest BCUT2D eigenvalue weighted by molar-refractivity contribution is 7.99. The van der Waals surface area contributed by atoms with E-state index in [0.717, 1.165) is 47.7 Å². The van der Waals surface area contributed by atoms with Crippen LogP contribution in [-0.4, -0.2) is 33.8 Å². The first-order valence-corrected chi connectivity index (χ1v) is 11.4. The van der Waals surface area contributed by atoms with Crippen LogP contribution in [0.15, 0.2) is 35.4 Å². The predicted octanol–water partition coefficient (Wildman–Crippen LogP) is 4.20. The van der Waals surface area contributed by atoms with Crippen molar-refractivity contribution in [3.63, 3.8) is 0 Å². The topological polar surface area (TPSA) is 75.2 Å². The number of nitrogens with one attached hydrogen (secondary N) is 1. The van der Waals surface area contributed by atoms with Gasteiger partial charge in [-0.3, -0.25) is 9.59 Å². The first kappa shape index (κ1) is 20.8. The molecule has 2 amide bonds. The lowest BCUT2D eigenvalue weighted by molar-refractivity contribution is -0.119. The lowest BCUT2D eigenvalue weighted by atomic mass is 9.96. The molecule has 0 spiro atoms. The van der Waals surface area contributed by atoms with Gasteiger partial charge in [0.15, 0.2) is 5.82 Å². The Labute approximate surface area is 179 Å². The fraction of sp³-hybridized carbons (Fsp3) is 0.455. The number of carbonyl (C=O) groups is 2. The van der Waals surface area contributed by atoms with E-state index in [9.17, 15) is 14.0 Å². The molecule has 2 aliphatic rings. The number of anilines is 2. The molecule has 0 radical (unpaired) electrons. The maximum atomic E-state index is 13.5. The fourth-order valence-electron chi connectivity index (χ4n) is 3.66. The van der Waals surface area contributed by atoms with Gasteiger partial charge in [-0.25, -0.2) is 4.39 Å². The monoisotopic (exact) mass is 428 g/mol. The number of rotatable bonds is 7. The van der Waals surface area contributed by atoms with E-state index in [1.165, 1.54) is 23.9 Å². The van der Waals surface area contributed by atoms with Crippen LogP contribution in [0.25, 0.3) is 0 Å². The number of fused-ring (bicyclic) bond motifs is 1. The Morgan fingerprint density at radius 3 is 2.77 bits per heavy atom. The molecule has 1 aromatic heterocycles. The zero-order valence-corrected chi connectivity index (χ0v) is 17.8. The van der Waals surface area contributed by atoms with Crippen molar-refractivity contribution in [2.75, 3.05) is 16.0 Å². The normalized spacial score (nSPS) is 18.1. The lowest BCUT2D eigenvalue weighted by Gasteiger charge is -2.35. The minimum Gasteiger partial charge on any atom is -0.309 e. The van der Waals surface area contributed by atoms with Gasteiger partial charge < -0.3 is 10.2 Å². The molecule has 0 unspecified atom stereocenters. The summed E-state index contributed by atoms with van der Waals surface area (Å²) >= 11 is 1.54. The standard InChI is InChI=1S/C22H25FN4O2S/c1-14-4-5-16-13-17(23)8-9-18(16)27(14)21(28)3-2-12-30-20-11-10-19(25-26-20)24-22(29)15-6-7-15/h8-11,13-15H,2-7,12H2,1H3,(H,24,25,29)/t14-/m0/s1. The summed E-state index contributed by atoms with van der Waals surface area (Å²) < 4.78 is 13.5. The number of thioether (sulfide) groups is 1. The fourth-order valence-corrected chi connectivity index (χ4v) is 4.42. The quantitative estimate of drug-likeness (QED) is 0.528. The Balaban J connectivity index is 1.25. The number of hydrogen-bond acceptors (Lipinski definition) is 5. The third kappa shape index (κ3) is 4.98. The maximum absolute atomic E-state index is 13.5. The van der Waals surface area contributed by atoms with E-state index in [1.807, 2.05) is 17.9 Å². The molecule has 4 rings (SSSR count). The molecule has 2 aromatic rings. The number of halogens is 1. The van der Waals surface area contributed by atoms with Crippen molar-refractivity contribution in [2.24, 2.45) is 5.92 Å². The van der Waals surface area contributed by atoms with Crippen LogP contribution in [-0.2, 0) is 16.0 Å². The van der Waals surface area contributed by atoms with E-state index >= 15 is 0 Å². The summed E-state index contributed by atoms with van der Waals surface area (Å²) in [5.74, 6) is 1.17. The second kappa shape index (κ2) is 9.12. The molecular weight excluding hydrogens is 403 g/mol. The number of amides is 2. The largest absolute Gasteiger partial charge is 0.309 e. The van der Waals surface area contributed by atoms with Crippen LogP contribution in [0.3, 0.4) is 0 Å². The number of carbonyl (C=O) groups excluding carboxylic acids is 2. The Hall–Kier alpha value is -2.48. The first-order valence-electron chi connectivity index (χ1n) is 10.4. The molecule has 1 aliphatic carbocycles. The van der Waals surface area contributed by atoms with E-state index in [1.54, 1.807) is 12.1 Å². The lowest BCUT2D eigenvalue weighted by Crippen LogP contribution is -2.42. The summed E-state index contributed by atoms with van der Waals surface area (Å²) in [6.45, 7) is 2.04. The highest BCUT2D eigenvalue weighted by Gasteiger charge is 2.30. The summed E-state index contributed by atoms with van der Waals surface area (Å²) in [6, 6.07) is 8.37. The maximum Gasteiger partial charge on any atom is 0.228 e. The van der Waals surface area contributed by atoms with Gasteiger partial charge in [0, 0.05) is 29.8 Å². The Bertz CT molecular complexity index is 933. The van der Waals surface area contributed by atoms with Gasteiger partial charge in [0.05, 0.1) is 0 Å². The molecule has 0 saturated heterocycles. The molecule has 1 saturated carbocycles. The van der Waals surface area contributed by atoms with Crippen LogP contribution >= 0.6 is 11.8 Å². The van der Waals surface area contributed by atoms with Gasteiger partial charge in [0.1, 0.15) is 10.8 Å². The third-order valence-corrected chi connectivity index (χ3v) is 6.47. The van der Waals surface area contributed by atoms with Crippen molar-refractivity contribution in [3.8, 4) is 0 Å². The number of aromatic nitrogens is 2. The summed E-state index contributed by atoms with van der Waals surface area (Å²) in [4.78, 5) is 26.4. The Morgan fingerprint density at radius 1 is 1.20 bits per heavy atom. The molecular formula is C22H25FN4O2S. The van der Waals surface area contributed by atoms with Gasteiger partial charge in [-0.05, 0) is 74.9 Å². The minimum absolute atomic E-state index is 0.0134. The average Bonchev–Trinajstić information content (AvgIpc) is 3.58. The molecule has 1 fully saturated rings. The van der Waals surface area contributed by atoms with Crippen LogP contribution < -0.4 is 10.2 Å². The molecule has 1 aliphatic heterocycles. The minimum atomic E-state index is -0.258. The van der Waals surface area contributed by atoms with Crippen LogP contribution in [0, 0.1) is 11.7 Å². The number of aryl methyl sites for hydroxylation is 1. The van der Waals surface area contributed by atoms with Gasteiger partial charge >= 0.3 is 0 Å². The summed E-state index contributed by atoms with van der Waals surface area (Å²) in [5.41, 5.74) is 1.74. The van der Waals surface area contributed by atoms with E-state index in [0.29, 0.717) is 18.7 Å². The molecule has 1 N–H and O–H groups in total. The van der Waals surface area contributed by atoms with E-state index in [-0.39, 0.29) is 29.6 Å². The number of benzene rings is 1. The molecule has 0 bridgehead atoms. The number of nitrogens with zero attached hydrogens (tertiary/aromatic N) is 3. The average molecular weight is 429 g/mol.